The van der Waals surface area contributed by atoms with Crippen molar-refractivity contribution >= 4 is 23.8 Å². The smallest absolute Gasteiger partial charge is 0.319 e. The second-order valence-electron chi connectivity index (χ2n) is 4.48. The first kappa shape index (κ1) is 17.1. The highest BCUT2D eigenvalue weighted by atomic mass is 32.2. The predicted octanol–water partition coefficient (Wildman–Crippen LogP) is 1.98. The van der Waals surface area contributed by atoms with E-state index in [1.165, 1.54) is 0 Å². The summed E-state index contributed by atoms with van der Waals surface area (Å²) < 4.78 is 0. The van der Waals surface area contributed by atoms with Crippen LogP contribution in [0.2, 0.25) is 0 Å². The highest BCUT2D eigenvalue weighted by Gasteiger charge is 2.20. The number of carbonyl (C=O) groups excluding carboxylic acids is 1. The number of urea groups is 1. The van der Waals surface area contributed by atoms with Crippen LogP contribution < -0.4 is 0 Å². The van der Waals surface area contributed by atoms with E-state index in [9.17, 15) is 9.59 Å². The number of carbonyl (C=O) groups is 2. The molecule has 2 amide bonds. The van der Waals surface area contributed by atoms with Gasteiger partial charge in [0.2, 0.25) is 0 Å². The van der Waals surface area contributed by atoms with E-state index in [1.54, 1.807) is 28.6 Å². The van der Waals surface area contributed by atoms with Gasteiger partial charge in [0.25, 0.3) is 0 Å². The molecule has 0 fully saturated rings. The van der Waals surface area contributed by atoms with Crippen molar-refractivity contribution < 1.29 is 14.7 Å². The average molecular weight is 276 g/mol. The maximum atomic E-state index is 12.2. The van der Waals surface area contributed by atoms with E-state index in [0.717, 1.165) is 5.75 Å². The maximum absolute atomic E-state index is 12.2. The van der Waals surface area contributed by atoms with Crippen molar-refractivity contribution in [2.45, 2.75) is 32.7 Å². The predicted molar refractivity (Wildman–Crippen MR) is 75.1 cm³/mol. The number of carboxylic acids is 1. The lowest BCUT2D eigenvalue weighted by molar-refractivity contribution is -0.137. The summed E-state index contributed by atoms with van der Waals surface area (Å²) in [5, 5.41) is 8.61. The minimum Gasteiger partial charge on any atom is -0.481 e. The Morgan fingerprint density at radius 2 is 1.89 bits per heavy atom. The first-order chi connectivity index (χ1) is 8.40. The lowest BCUT2D eigenvalue weighted by Gasteiger charge is -2.31. The standard InChI is InChI=1S/C12H24N2O3S/c1-10(2)14(7-5-6-11(15)16)12(17)13(3)8-9-18-4/h10H,5-9H2,1-4H3,(H,15,16). The van der Waals surface area contributed by atoms with Gasteiger partial charge in [-0.3, -0.25) is 4.79 Å². The molecule has 0 spiro atoms. The van der Waals surface area contributed by atoms with E-state index >= 15 is 0 Å². The molecule has 0 saturated carbocycles. The Balaban J connectivity index is 4.30. The van der Waals surface area contributed by atoms with Crippen molar-refractivity contribution in [1.82, 2.24) is 9.80 Å². The van der Waals surface area contributed by atoms with Gasteiger partial charge < -0.3 is 14.9 Å². The number of hydrogen-bond acceptors (Lipinski definition) is 3. The van der Waals surface area contributed by atoms with Crippen LogP contribution in [0.1, 0.15) is 26.7 Å². The maximum Gasteiger partial charge on any atom is 0.319 e. The fourth-order valence-corrected chi connectivity index (χ4v) is 1.97. The molecule has 0 rings (SSSR count). The lowest BCUT2D eigenvalue weighted by atomic mass is 10.2. The summed E-state index contributed by atoms with van der Waals surface area (Å²) >= 11 is 1.70. The van der Waals surface area contributed by atoms with Crippen molar-refractivity contribution in [3.63, 3.8) is 0 Å². The summed E-state index contributed by atoms with van der Waals surface area (Å²) in [4.78, 5) is 26.1. The van der Waals surface area contributed by atoms with Gasteiger partial charge in [-0.25, -0.2) is 4.79 Å². The molecule has 0 aromatic heterocycles. The molecular formula is C12H24N2O3S. The van der Waals surface area contributed by atoms with E-state index in [1.807, 2.05) is 20.1 Å². The summed E-state index contributed by atoms with van der Waals surface area (Å²) in [6.07, 6.45) is 2.60. The van der Waals surface area contributed by atoms with Gasteiger partial charge in [0.05, 0.1) is 0 Å². The third kappa shape index (κ3) is 6.74. The molecule has 106 valence electrons. The summed E-state index contributed by atoms with van der Waals surface area (Å²) in [6, 6.07) is 0.0625. The minimum absolute atomic E-state index is 0.0237. The van der Waals surface area contributed by atoms with Crippen molar-refractivity contribution in [2.24, 2.45) is 0 Å². The molecule has 0 aromatic carbocycles. The van der Waals surface area contributed by atoms with Gasteiger partial charge in [-0.2, -0.15) is 11.8 Å². The molecule has 0 aliphatic rings. The molecule has 18 heavy (non-hydrogen) atoms. The fraction of sp³-hybridized carbons (Fsp3) is 0.833. The second-order valence-corrected chi connectivity index (χ2v) is 5.47. The van der Waals surface area contributed by atoms with Gasteiger partial charge in [-0.1, -0.05) is 0 Å². The molecule has 5 nitrogen and oxygen atoms in total. The minimum atomic E-state index is -0.818. The van der Waals surface area contributed by atoms with Crippen molar-refractivity contribution in [1.29, 1.82) is 0 Å². The first-order valence-corrected chi connectivity index (χ1v) is 7.52. The summed E-state index contributed by atoms with van der Waals surface area (Å²) in [6.45, 7) is 5.09. The van der Waals surface area contributed by atoms with Gasteiger partial charge >= 0.3 is 12.0 Å². The van der Waals surface area contributed by atoms with Crippen LogP contribution in [0.3, 0.4) is 0 Å². The zero-order chi connectivity index (χ0) is 14.1. The Labute approximate surface area is 114 Å². The van der Waals surface area contributed by atoms with Gasteiger partial charge in [-0.15, -0.1) is 0 Å². The Kier molecular flexibility index (Phi) is 8.62. The fourth-order valence-electron chi connectivity index (χ4n) is 1.52. The zero-order valence-corrected chi connectivity index (χ0v) is 12.5. The van der Waals surface area contributed by atoms with E-state index in [-0.39, 0.29) is 18.5 Å². The van der Waals surface area contributed by atoms with Crippen LogP contribution in [-0.2, 0) is 4.79 Å². The molecule has 0 unspecified atom stereocenters. The SMILES string of the molecule is CSCCN(C)C(=O)N(CCCC(=O)O)C(C)C. The van der Waals surface area contributed by atoms with Crippen molar-refractivity contribution in [3.05, 3.63) is 0 Å². The van der Waals surface area contributed by atoms with Gasteiger partial charge in [-0.05, 0) is 26.5 Å². The summed E-state index contributed by atoms with van der Waals surface area (Å²) in [5.41, 5.74) is 0. The van der Waals surface area contributed by atoms with Crippen molar-refractivity contribution in [2.75, 3.05) is 32.1 Å². The quantitative estimate of drug-likeness (QED) is 0.736. The molecule has 0 aliphatic carbocycles. The second kappa shape index (κ2) is 9.08. The number of amides is 2. The number of hydrogen-bond donors (Lipinski definition) is 1. The van der Waals surface area contributed by atoms with Crippen LogP contribution in [-0.4, -0.2) is 65.1 Å². The average Bonchev–Trinajstić information content (AvgIpc) is 2.30. The Morgan fingerprint density at radius 3 is 2.33 bits per heavy atom. The van der Waals surface area contributed by atoms with E-state index in [0.29, 0.717) is 19.5 Å². The first-order valence-electron chi connectivity index (χ1n) is 6.12. The van der Waals surface area contributed by atoms with Gasteiger partial charge in [0, 0.05) is 38.4 Å². The van der Waals surface area contributed by atoms with Gasteiger partial charge in [0.1, 0.15) is 0 Å². The van der Waals surface area contributed by atoms with Crippen LogP contribution >= 0.6 is 11.8 Å². The normalized spacial score (nSPS) is 10.5. The monoisotopic (exact) mass is 276 g/mol. The molecular weight excluding hydrogens is 252 g/mol. The molecule has 1 N–H and O–H groups in total. The van der Waals surface area contributed by atoms with E-state index < -0.39 is 5.97 Å². The molecule has 0 aliphatic heterocycles. The van der Waals surface area contributed by atoms with Crippen LogP contribution in [0.5, 0.6) is 0 Å². The zero-order valence-electron chi connectivity index (χ0n) is 11.7. The Morgan fingerprint density at radius 1 is 1.28 bits per heavy atom. The number of aliphatic carboxylic acids is 1. The number of nitrogens with zero attached hydrogens (tertiary/aromatic N) is 2. The summed E-state index contributed by atoms with van der Waals surface area (Å²) in [7, 11) is 1.78. The molecule has 6 heteroatoms. The third-order valence-electron chi connectivity index (χ3n) is 2.62. The largest absolute Gasteiger partial charge is 0.481 e. The van der Waals surface area contributed by atoms with E-state index in [4.69, 9.17) is 5.11 Å². The van der Waals surface area contributed by atoms with Gasteiger partial charge in [0.15, 0.2) is 0 Å². The third-order valence-corrected chi connectivity index (χ3v) is 3.21. The molecule has 0 atom stereocenters. The van der Waals surface area contributed by atoms with E-state index in [2.05, 4.69) is 0 Å². The number of carboxylic acid groups (broad SMARTS) is 1. The Bertz CT molecular complexity index is 272. The van der Waals surface area contributed by atoms with Crippen LogP contribution in [0.25, 0.3) is 0 Å². The summed E-state index contributed by atoms with van der Waals surface area (Å²) in [5.74, 6) is 0.0884. The highest BCUT2D eigenvalue weighted by molar-refractivity contribution is 7.98. The highest BCUT2D eigenvalue weighted by Crippen LogP contribution is 2.07. The molecule has 0 bridgehead atoms. The molecule has 0 radical (unpaired) electrons. The van der Waals surface area contributed by atoms with Crippen LogP contribution in [0.4, 0.5) is 4.79 Å². The molecule has 0 saturated heterocycles. The topological polar surface area (TPSA) is 60.9 Å². The lowest BCUT2D eigenvalue weighted by Crippen LogP contribution is -2.46. The number of thioether (sulfide) groups is 1. The number of rotatable bonds is 8. The van der Waals surface area contributed by atoms with Crippen LogP contribution in [0, 0.1) is 0 Å². The van der Waals surface area contributed by atoms with Crippen molar-refractivity contribution in [3.8, 4) is 0 Å². The molecule has 0 heterocycles. The Hall–Kier alpha value is -0.910. The van der Waals surface area contributed by atoms with Crippen LogP contribution in [0.15, 0.2) is 0 Å². The molecule has 0 aromatic rings.